The second-order valence-corrected chi connectivity index (χ2v) is 16.5. The molecule has 5 aliphatic rings. The smallest absolute Gasteiger partial charge is 0.322 e. The van der Waals surface area contributed by atoms with Crippen LogP contribution in [0.4, 0.5) is 37.8 Å². The van der Waals surface area contributed by atoms with Gasteiger partial charge in [0.05, 0.1) is 35.3 Å². The molecule has 59 heavy (non-hydrogen) atoms. The van der Waals surface area contributed by atoms with Gasteiger partial charge in [0.2, 0.25) is 17.5 Å². The van der Waals surface area contributed by atoms with Gasteiger partial charge in [-0.3, -0.25) is 34.3 Å². The van der Waals surface area contributed by atoms with Gasteiger partial charge >= 0.3 is 6.03 Å². The molecule has 308 valence electrons. The molecule has 3 atom stereocenters. The highest BCUT2D eigenvalue weighted by Crippen LogP contribution is 2.35. The number of piperidine rings is 2. The van der Waals surface area contributed by atoms with Crippen LogP contribution >= 0.6 is 11.6 Å². The molecule has 6 heterocycles. The maximum Gasteiger partial charge on any atom is 0.322 e. The number of rotatable bonds is 7. The molecule has 6 amide bonds. The van der Waals surface area contributed by atoms with Crippen molar-refractivity contribution >= 4 is 69.8 Å². The first kappa shape index (κ1) is 40.0. The summed E-state index contributed by atoms with van der Waals surface area (Å²) in [4.78, 5) is 83.4. The van der Waals surface area contributed by atoms with Crippen LogP contribution < -0.4 is 25.3 Å². The van der Waals surface area contributed by atoms with Gasteiger partial charge in [-0.05, 0) is 75.4 Å². The Kier molecular flexibility index (Phi) is 11.2. The molecule has 2 N–H and O–H groups in total. The van der Waals surface area contributed by atoms with Crippen molar-refractivity contribution in [1.29, 1.82) is 0 Å². The predicted octanol–water partition coefficient (Wildman–Crippen LogP) is 5.00. The Labute approximate surface area is 346 Å². The van der Waals surface area contributed by atoms with Gasteiger partial charge in [-0.25, -0.2) is 19.0 Å². The number of anilines is 4. The highest BCUT2D eigenvalue weighted by atomic mass is 35.5. The molecular formula is C42H46ClFN10O5. The van der Waals surface area contributed by atoms with Crippen LogP contribution in [0.25, 0.3) is 4.85 Å². The summed E-state index contributed by atoms with van der Waals surface area (Å²) in [6.45, 7) is 17.7. The van der Waals surface area contributed by atoms with E-state index in [4.69, 9.17) is 18.2 Å². The minimum absolute atomic E-state index is 0.0154. The Balaban J connectivity index is 0.788. The maximum absolute atomic E-state index is 15.4. The van der Waals surface area contributed by atoms with Crippen LogP contribution in [0, 0.1) is 18.3 Å². The Morgan fingerprint density at radius 2 is 1.64 bits per heavy atom. The molecule has 1 aromatic heterocycles. The van der Waals surface area contributed by atoms with Gasteiger partial charge < -0.3 is 24.9 Å². The van der Waals surface area contributed by atoms with E-state index in [0.29, 0.717) is 48.5 Å². The predicted molar refractivity (Wildman–Crippen MR) is 221 cm³/mol. The van der Waals surface area contributed by atoms with Crippen molar-refractivity contribution < 1.29 is 28.4 Å². The summed E-state index contributed by atoms with van der Waals surface area (Å²) in [7, 11) is 0. The van der Waals surface area contributed by atoms with Crippen LogP contribution in [-0.4, -0.2) is 126 Å². The lowest BCUT2D eigenvalue weighted by atomic mass is 9.96. The lowest BCUT2D eigenvalue weighted by Crippen LogP contribution is -2.59. The molecule has 8 rings (SSSR count). The number of aromatic nitrogens is 1. The maximum atomic E-state index is 15.4. The first-order valence-corrected chi connectivity index (χ1v) is 20.5. The van der Waals surface area contributed by atoms with Gasteiger partial charge in [0.1, 0.15) is 17.7 Å². The van der Waals surface area contributed by atoms with E-state index in [1.165, 1.54) is 6.07 Å². The van der Waals surface area contributed by atoms with E-state index in [9.17, 15) is 24.0 Å². The number of urea groups is 1. The number of pyridine rings is 1. The van der Waals surface area contributed by atoms with E-state index in [0.717, 1.165) is 68.0 Å². The second kappa shape index (κ2) is 16.5. The van der Waals surface area contributed by atoms with E-state index >= 15 is 4.39 Å². The van der Waals surface area contributed by atoms with Crippen LogP contribution in [0.15, 0.2) is 48.7 Å². The van der Waals surface area contributed by atoms with E-state index < -0.39 is 35.5 Å². The van der Waals surface area contributed by atoms with Gasteiger partial charge in [-0.1, -0.05) is 17.7 Å². The number of hydrogen-bond donors (Lipinski definition) is 2. The third kappa shape index (κ3) is 8.01. The molecule has 5 aliphatic heterocycles. The summed E-state index contributed by atoms with van der Waals surface area (Å²) in [5, 5.41) is 5.62. The van der Waals surface area contributed by atoms with Gasteiger partial charge in [-0.15, -0.1) is 0 Å². The van der Waals surface area contributed by atoms with Crippen LogP contribution in [0.3, 0.4) is 0 Å². The topological polar surface area (TPSA) is 146 Å². The standard InChI is InChI=1S/C42H46ClFN10O5/c1-25-23-53(26(2)22-52(25)29-5-6-34(45-3)32(43)18-29)42(59)47-28-4-8-37(46-21-28)51-12-10-27(11-13-51)24-49-14-16-50(17-15-49)36-20-31-30(19-33(36)44)40(57)54(41(31)58)35-7-9-38(55)48-39(35)56/h4-6,8,18-21,25-27,35H,7,9-17,22-24H2,1-2H3,(H,47,59)(H,48,55,56)/t25-,26+,35?/m0/s1. The average molecular weight is 825 g/mol. The number of nitrogens with zero attached hydrogens (tertiary/aromatic N) is 8. The van der Waals surface area contributed by atoms with Crippen molar-refractivity contribution in [2.24, 2.45) is 5.92 Å². The van der Waals surface area contributed by atoms with Gasteiger partial charge in [-0.2, -0.15) is 0 Å². The number of benzene rings is 2. The summed E-state index contributed by atoms with van der Waals surface area (Å²) < 4.78 is 15.4. The molecule has 0 aliphatic carbocycles. The van der Waals surface area contributed by atoms with Crippen LogP contribution in [-0.2, 0) is 9.59 Å². The number of amides is 6. The Morgan fingerprint density at radius 3 is 2.31 bits per heavy atom. The second-order valence-electron chi connectivity index (χ2n) is 16.1. The molecular weight excluding hydrogens is 779 g/mol. The fraction of sp³-hybridized carbons (Fsp3) is 0.452. The van der Waals surface area contributed by atoms with E-state index in [-0.39, 0.29) is 47.8 Å². The number of halogens is 2. The molecule has 1 unspecified atom stereocenters. The fourth-order valence-corrected chi connectivity index (χ4v) is 9.20. The van der Waals surface area contributed by atoms with E-state index in [1.807, 2.05) is 41.0 Å². The van der Waals surface area contributed by atoms with Crippen LogP contribution in [0.1, 0.15) is 60.2 Å². The molecule has 17 heteroatoms. The quantitative estimate of drug-likeness (QED) is 0.247. The normalized spacial score (nSPS) is 23.0. The first-order valence-electron chi connectivity index (χ1n) is 20.1. The molecule has 0 bridgehead atoms. The van der Waals surface area contributed by atoms with Gasteiger partial charge in [0.15, 0.2) is 0 Å². The zero-order chi connectivity index (χ0) is 41.5. The fourth-order valence-electron chi connectivity index (χ4n) is 8.98. The molecule has 0 saturated carbocycles. The Bertz CT molecular complexity index is 2220. The van der Waals surface area contributed by atoms with Crippen LogP contribution in [0.2, 0.25) is 5.02 Å². The Morgan fingerprint density at radius 1 is 0.915 bits per heavy atom. The third-order valence-electron chi connectivity index (χ3n) is 12.3. The zero-order valence-corrected chi connectivity index (χ0v) is 33.8. The number of hydrogen-bond acceptors (Lipinski definition) is 10. The minimum atomic E-state index is -1.10. The molecule has 3 aromatic rings. The van der Waals surface area contributed by atoms with Gasteiger partial charge in [0, 0.05) is 88.1 Å². The number of carbonyl (C=O) groups excluding carboxylic acids is 5. The summed E-state index contributed by atoms with van der Waals surface area (Å²) in [6, 6.07) is 10.5. The van der Waals surface area contributed by atoms with Gasteiger partial charge in [0.25, 0.3) is 11.8 Å². The lowest BCUT2D eigenvalue weighted by molar-refractivity contribution is -0.136. The summed E-state index contributed by atoms with van der Waals surface area (Å²) >= 11 is 6.31. The number of carbonyl (C=O) groups is 5. The lowest BCUT2D eigenvalue weighted by Gasteiger charge is -2.45. The molecule has 15 nitrogen and oxygen atoms in total. The van der Waals surface area contributed by atoms with Crippen molar-refractivity contribution in [3.05, 3.63) is 82.0 Å². The number of nitrogens with one attached hydrogen (secondary N) is 2. The van der Waals surface area contributed by atoms with Crippen molar-refractivity contribution in [1.82, 2.24) is 25.0 Å². The summed E-state index contributed by atoms with van der Waals surface area (Å²) in [5.74, 6) is -1.76. The minimum Gasteiger partial charge on any atom is -0.367 e. The van der Waals surface area contributed by atoms with Crippen molar-refractivity contribution in [2.75, 3.05) is 78.9 Å². The first-order chi connectivity index (χ1) is 28.4. The monoisotopic (exact) mass is 824 g/mol. The number of piperazine rings is 2. The highest BCUT2D eigenvalue weighted by Gasteiger charge is 2.45. The number of imide groups is 2. The molecule has 0 spiro atoms. The SMILES string of the molecule is [C-]#[N+]c1ccc(N2C[C@@H](C)N(C(=O)Nc3ccc(N4CCC(CN5CCN(c6cc7c(cc6F)C(=O)N(C6CCC(=O)NC6=O)C7=O)CC5)CC4)nc3)C[C@@H]2C)cc1Cl. The van der Waals surface area contributed by atoms with Crippen molar-refractivity contribution in [2.45, 2.75) is 57.7 Å². The largest absolute Gasteiger partial charge is 0.367 e. The van der Waals surface area contributed by atoms with E-state index in [1.54, 1.807) is 12.3 Å². The van der Waals surface area contributed by atoms with Crippen molar-refractivity contribution in [3.63, 3.8) is 0 Å². The summed E-state index contributed by atoms with van der Waals surface area (Å²) in [5.41, 5.74) is 2.25. The molecule has 4 fully saturated rings. The molecule has 0 radical (unpaired) electrons. The van der Waals surface area contributed by atoms with E-state index in [2.05, 4.69) is 42.1 Å². The van der Waals surface area contributed by atoms with Crippen molar-refractivity contribution in [3.8, 4) is 0 Å². The highest BCUT2D eigenvalue weighted by molar-refractivity contribution is 6.33. The molecule has 4 saturated heterocycles. The van der Waals surface area contributed by atoms with Crippen LogP contribution in [0.5, 0.6) is 0 Å². The summed E-state index contributed by atoms with van der Waals surface area (Å²) in [6.07, 6.45) is 3.75. The molecule has 2 aromatic carbocycles. The number of fused-ring (bicyclic) bond motifs is 1. The Hall–Kier alpha value is -5.79. The average Bonchev–Trinajstić information content (AvgIpc) is 3.46. The zero-order valence-electron chi connectivity index (χ0n) is 33.0. The third-order valence-corrected chi connectivity index (χ3v) is 12.6.